The largest absolute Gasteiger partial charge is 0.278 e. The highest BCUT2D eigenvalue weighted by Gasteiger charge is 2.55. The van der Waals surface area contributed by atoms with Crippen molar-refractivity contribution < 1.29 is 13.2 Å². The lowest BCUT2D eigenvalue weighted by atomic mass is 9.49. The van der Waals surface area contributed by atoms with Crippen molar-refractivity contribution in [3.63, 3.8) is 0 Å². The summed E-state index contributed by atoms with van der Waals surface area (Å²) < 4.78 is 28.1. The van der Waals surface area contributed by atoms with Gasteiger partial charge in [0.15, 0.2) is 0 Å². The van der Waals surface area contributed by atoms with Gasteiger partial charge >= 0.3 is 0 Å². The van der Waals surface area contributed by atoms with Crippen molar-refractivity contribution in [2.24, 2.45) is 33.5 Å². The number of hydrogen-bond acceptors (Lipinski definition) is 5. The molecule has 4 bridgehead atoms. The average molecular weight is 431 g/mol. The lowest BCUT2D eigenvalue weighted by Gasteiger charge is -2.55. The van der Waals surface area contributed by atoms with Crippen molar-refractivity contribution in [1.82, 2.24) is 9.73 Å². The Morgan fingerprint density at radius 3 is 2.07 bits per heavy atom. The minimum atomic E-state index is -3.89. The highest BCUT2D eigenvalue weighted by molar-refractivity contribution is 7.90. The Morgan fingerprint density at radius 2 is 1.50 bits per heavy atom. The standard InChI is InChI=1S/C22H30N4O3S/c27-21(22-13-16-10-17(14-22)12-18(11-16)15-22)24-30(28,29)20-6-4-19(5-7-20)23-25-26-8-2-1-3-9-26/h4-7,16-18H,1-3,8-15H2,(H,24,27). The second kappa shape index (κ2) is 7.62. The highest BCUT2D eigenvalue weighted by Crippen LogP contribution is 2.60. The topological polar surface area (TPSA) is 91.2 Å². The minimum Gasteiger partial charge on any atom is -0.278 e. The molecule has 5 aliphatic rings. The highest BCUT2D eigenvalue weighted by atomic mass is 32.2. The summed E-state index contributed by atoms with van der Waals surface area (Å²) in [6.45, 7) is 1.82. The van der Waals surface area contributed by atoms with Gasteiger partial charge < -0.3 is 0 Å². The molecule has 6 rings (SSSR count). The van der Waals surface area contributed by atoms with Gasteiger partial charge in [-0.05, 0) is 99.8 Å². The van der Waals surface area contributed by atoms with E-state index in [2.05, 4.69) is 15.1 Å². The predicted molar refractivity (Wildman–Crippen MR) is 112 cm³/mol. The number of rotatable bonds is 5. The third-order valence-corrected chi connectivity index (χ3v) is 8.86. The molecule has 162 valence electrons. The molecule has 0 radical (unpaired) electrons. The Labute approximate surface area is 178 Å². The van der Waals surface area contributed by atoms with Gasteiger partial charge in [-0.15, -0.1) is 5.11 Å². The molecule has 1 saturated heterocycles. The maximum Gasteiger partial charge on any atom is 0.264 e. The number of benzene rings is 1. The Morgan fingerprint density at radius 1 is 0.933 bits per heavy atom. The fraction of sp³-hybridized carbons (Fsp3) is 0.682. The van der Waals surface area contributed by atoms with Gasteiger partial charge in [0.1, 0.15) is 0 Å². The van der Waals surface area contributed by atoms with Crippen molar-refractivity contribution in [1.29, 1.82) is 0 Å². The van der Waals surface area contributed by atoms with E-state index >= 15 is 0 Å². The molecule has 0 aromatic heterocycles. The fourth-order valence-corrected chi connectivity index (χ4v) is 7.52. The number of nitrogens with one attached hydrogen (secondary N) is 1. The van der Waals surface area contributed by atoms with Crippen LogP contribution in [0.25, 0.3) is 0 Å². The van der Waals surface area contributed by atoms with Gasteiger partial charge in [0, 0.05) is 13.1 Å². The van der Waals surface area contributed by atoms with E-state index in [0.717, 1.165) is 45.2 Å². The van der Waals surface area contributed by atoms with Gasteiger partial charge in [-0.2, -0.15) is 0 Å². The SMILES string of the molecule is O=C(NS(=O)(=O)c1ccc(N=NN2CCCCC2)cc1)C12CC3CC(CC(C3)C1)C2. The van der Waals surface area contributed by atoms with Gasteiger partial charge in [-0.1, -0.05) is 5.22 Å². The summed E-state index contributed by atoms with van der Waals surface area (Å²) in [7, 11) is -3.89. The Balaban J connectivity index is 1.26. The maximum atomic E-state index is 13.1. The van der Waals surface area contributed by atoms with E-state index in [-0.39, 0.29) is 10.8 Å². The molecule has 0 unspecified atom stereocenters. The quantitative estimate of drug-likeness (QED) is 0.709. The zero-order valence-electron chi connectivity index (χ0n) is 17.3. The monoisotopic (exact) mass is 430 g/mol. The van der Waals surface area contributed by atoms with Crippen LogP contribution in [0.4, 0.5) is 5.69 Å². The van der Waals surface area contributed by atoms with E-state index in [0.29, 0.717) is 23.4 Å². The van der Waals surface area contributed by atoms with Crippen LogP contribution in [0.3, 0.4) is 0 Å². The zero-order valence-corrected chi connectivity index (χ0v) is 18.1. The van der Waals surface area contributed by atoms with Crippen LogP contribution in [0, 0.1) is 23.2 Å². The van der Waals surface area contributed by atoms with Crippen LogP contribution in [0.2, 0.25) is 0 Å². The van der Waals surface area contributed by atoms with Crippen molar-refractivity contribution in [3.8, 4) is 0 Å². The second-order valence-corrected chi connectivity index (χ2v) is 11.5. The van der Waals surface area contributed by atoms with Crippen LogP contribution in [-0.2, 0) is 14.8 Å². The molecule has 1 aromatic carbocycles. The van der Waals surface area contributed by atoms with Gasteiger partial charge in [0.05, 0.1) is 16.0 Å². The summed E-state index contributed by atoms with van der Waals surface area (Å²) in [5.41, 5.74) is 0.122. The summed E-state index contributed by atoms with van der Waals surface area (Å²) in [5.74, 6) is 1.48. The summed E-state index contributed by atoms with van der Waals surface area (Å²) in [6.07, 6.45) is 9.65. The van der Waals surface area contributed by atoms with E-state index < -0.39 is 15.4 Å². The fourth-order valence-electron chi connectivity index (χ4n) is 6.45. The first-order valence-corrected chi connectivity index (χ1v) is 12.7. The molecule has 1 aromatic rings. The predicted octanol–water partition coefficient (Wildman–Crippen LogP) is 4.19. The Bertz CT molecular complexity index is 900. The zero-order chi connectivity index (χ0) is 20.8. The van der Waals surface area contributed by atoms with Crippen molar-refractivity contribution in [2.75, 3.05) is 13.1 Å². The first-order valence-electron chi connectivity index (χ1n) is 11.3. The van der Waals surface area contributed by atoms with Gasteiger partial charge in [-0.25, -0.2) is 13.1 Å². The van der Waals surface area contributed by atoms with E-state index in [1.54, 1.807) is 12.1 Å². The summed E-state index contributed by atoms with van der Waals surface area (Å²) >= 11 is 0. The number of nitrogens with zero attached hydrogens (tertiary/aromatic N) is 3. The van der Waals surface area contributed by atoms with Gasteiger partial charge in [-0.3, -0.25) is 9.80 Å². The molecule has 7 nitrogen and oxygen atoms in total. The summed E-state index contributed by atoms with van der Waals surface area (Å²) in [4.78, 5) is 13.2. The molecule has 5 fully saturated rings. The van der Waals surface area contributed by atoms with Crippen LogP contribution in [0.1, 0.15) is 57.8 Å². The summed E-state index contributed by atoms with van der Waals surface area (Å²) in [5, 5.41) is 10.4. The second-order valence-electron chi connectivity index (χ2n) is 9.83. The van der Waals surface area contributed by atoms with Crippen LogP contribution < -0.4 is 4.72 Å². The maximum absolute atomic E-state index is 13.1. The van der Waals surface area contributed by atoms with Crippen molar-refractivity contribution in [2.45, 2.75) is 62.7 Å². The van der Waals surface area contributed by atoms with E-state index in [9.17, 15) is 13.2 Å². The van der Waals surface area contributed by atoms with Gasteiger partial charge in [0.2, 0.25) is 5.91 Å². The van der Waals surface area contributed by atoms with Crippen LogP contribution in [-0.4, -0.2) is 32.4 Å². The number of carbonyl (C=O) groups excluding carboxylic acids is 1. The molecule has 1 aliphatic heterocycles. The molecule has 1 heterocycles. The Hall–Kier alpha value is -1.96. The molecular weight excluding hydrogens is 400 g/mol. The average Bonchev–Trinajstić information content (AvgIpc) is 2.72. The number of amides is 1. The molecule has 1 N–H and O–H groups in total. The van der Waals surface area contributed by atoms with E-state index in [1.807, 2.05) is 5.01 Å². The van der Waals surface area contributed by atoms with Crippen molar-refractivity contribution in [3.05, 3.63) is 24.3 Å². The number of hydrogen-bond donors (Lipinski definition) is 1. The third kappa shape index (κ3) is 3.86. The lowest BCUT2D eigenvalue weighted by Crippen LogP contribution is -2.54. The number of carbonyl (C=O) groups is 1. The van der Waals surface area contributed by atoms with Gasteiger partial charge in [0.25, 0.3) is 10.0 Å². The normalized spacial score (nSPS) is 33.2. The molecule has 4 saturated carbocycles. The minimum absolute atomic E-state index is 0.0949. The number of piperidine rings is 1. The third-order valence-electron chi connectivity index (χ3n) is 7.51. The van der Waals surface area contributed by atoms with Crippen LogP contribution in [0.15, 0.2) is 39.5 Å². The molecule has 1 amide bonds. The van der Waals surface area contributed by atoms with Crippen molar-refractivity contribution >= 4 is 21.6 Å². The molecule has 30 heavy (non-hydrogen) atoms. The van der Waals surface area contributed by atoms with Crippen LogP contribution >= 0.6 is 0 Å². The molecule has 4 aliphatic carbocycles. The molecular formula is C22H30N4O3S. The molecule has 0 atom stereocenters. The molecule has 0 spiro atoms. The van der Waals surface area contributed by atoms with E-state index in [1.165, 1.54) is 37.8 Å². The summed E-state index contributed by atoms with van der Waals surface area (Å²) in [6, 6.07) is 6.27. The molecule has 8 heteroatoms. The number of sulfonamides is 1. The Kier molecular flexibility index (Phi) is 5.08. The first kappa shape index (κ1) is 20.0. The smallest absolute Gasteiger partial charge is 0.264 e. The van der Waals surface area contributed by atoms with Crippen LogP contribution in [0.5, 0.6) is 0 Å². The first-order chi connectivity index (χ1) is 14.4. The van der Waals surface area contributed by atoms with E-state index in [4.69, 9.17) is 0 Å². The lowest BCUT2D eigenvalue weighted by molar-refractivity contribution is -0.144.